The molecule has 2 aromatic rings. The van der Waals surface area contributed by atoms with Gasteiger partial charge < -0.3 is 19.7 Å². The first kappa shape index (κ1) is 20.4. The Labute approximate surface area is 174 Å². The zero-order valence-electron chi connectivity index (χ0n) is 17.4. The van der Waals surface area contributed by atoms with E-state index >= 15 is 0 Å². The Kier molecular flexibility index (Phi) is 5.49. The van der Waals surface area contributed by atoms with Crippen LogP contribution in [0.15, 0.2) is 18.2 Å². The zero-order valence-corrected chi connectivity index (χ0v) is 17.4. The minimum atomic E-state index is -0.359. The zero-order chi connectivity index (χ0) is 21.4. The van der Waals surface area contributed by atoms with E-state index in [1.807, 2.05) is 6.92 Å². The van der Waals surface area contributed by atoms with Crippen molar-refractivity contribution in [1.29, 1.82) is 0 Å². The molecule has 0 saturated carbocycles. The maximum atomic E-state index is 14.1. The number of hydrogen-bond acceptors (Lipinski definition) is 3. The molecule has 7 nitrogen and oxygen atoms in total. The van der Waals surface area contributed by atoms with Crippen LogP contribution in [-0.4, -0.2) is 76.7 Å². The Hall–Kier alpha value is -2.90. The van der Waals surface area contributed by atoms with Crippen molar-refractivity contribution in [2.24, 2.45) is 5.92 Å². The van der Waals surface area contributed by atoms with Crippen molar-refractivity contribution in [1.82, 2.24) is 19.7 Å². The molecular weight excluding hydrogens is 387 g/mol. The molecule has 2 saturated heterocycles. The number of halogens is 1. The van der Waals surface area contributed by atoms with Gasteiger partial charge in [-0.3, -0.25) is 14.4 Å². The maximum absolute atomic E-state index is 14.1. The highest BCUT2D eigenvalue weighted by molar-refractivity contribution is 5.99. The van der Waals surface area contributed by atoms with Gasteiger partial charge in [0.25, 0.3) is 5.91 Å². The first-order valence-electron chi connectivity index (χ1n) is 10.5. The van der Waals surface area contributed by atoms with Gasteiger partial charge in [0.2, 0.25) is 11.8 Å². The number of piperidine rings is 1. The molecular formula is C22H27FN4O3. The second kappa shape index (κ2) is 8.08. The minimum Gasteiger partial charge on any atom is -0.350 e. The van der Waals surface area contributed by atoms with Gasteiger partial charge in [0.15, 0.2) is 0 Å². The van der Waals surface area contributed by atoms with Crippen LogP contribution in [0.5, 0.6) is 0 Å². The normalized spacial score (nSPS) is 20.0. The van der Waals surface area contributed by atoms with Gasteiger partial charge in [-0.15, -0.1) is 0 Å². The summed E-state index contributed by atoms with van der Waals surface area (Å²) in [7, 11) is 0. The van der Waals surface area contributed by atoms with Gasteiger partial charge in [0.1, 0.15) is 11.5 Å². The molecule has 1 N–H and O–H groups in total. The van der Waals surface area contributed by atoms with Crippen LogP contribution >= 0.6 is 0 Å². The topological polar surface area (TPSA) is 76.7 Å². The molecule has 30 heavy (non-hydrogen) atoms. The summed E-state index contributed by atoms with van der Waals surface area (Å²) in [5.74, 6) is -0.726. The van der Waals surface area contributed by atoms with E-state index in [9.17, 15) is 18.8 Å². The van der Waals surface area contributed by atoms with Crippen LogP contribution in [-0.2, 0) is 9.59 Å². The Morgan fingerprint density at radius 3 is 2.40 bits per heavy atom. The van der Waals surface area contributed by atoms with Crippen molar-refractivity contribution >= 4 is 28.6 Å². The lowest BCUT2D eigenvalue weighted by molar-refractivity contribution is -0.142. The predicted octanol–water partition coefficient (Wildman–Crippen LogP) is 2.16. The van der Waals surface area contributed by atoms with Gasteiger partial charge in [-0.05, 0) is 37.5 Å². The van der Waals surface area contributed by atoms with E-state index < -0.39 is 0 Å². The summed E-state index contributed by atoms with van der Waals surface area (Å²) in [4.78, 5) is 45.8. The Balaban J connectivity index is 1.44. The highest BCUT2D eigenvalue weighted by Crippen LogP contribution is 2.25. The molecule has 2 fully saturated rings. The summed E-state index contributed by atoms with van der Waals surface area (Å²) >= 11 is 0. The van der Waals surface area contributed by atoms with Crippen LogP contribution in [0.25, 0.3) is 10.9 Å². The fraction of sp³-hybridized carbons (Fsp3) is 0.500. The molecule has 3 heterocycles. The molecule has 1 atom stereocenters. The lowest BCUT2D eigenvalue weighted by Gasteiger charge is -2.38. The number of rotatable bonds is 2. The summed E-state index contributed by atoms with van der Waals surface area (Å²) in [5, 5.41) is 0.409. The average molecular weight is 414 g/mol. The Morgan fingerprint density at radius 2 is 1.73 bits per heavy atom. The van der Waals surface area contributed by atoms with E-state index in [-0.39, 0.29) is 29.5 Å². The number of H-pyrrole nitrogens is 1. The van der Waals surface area contributed by atoms with E-state index in [1.54, 1.807) is 33.8 Å². The van der Waals surface area contributed by atoms with E-state index in [2.05, 4.69) is 4.98 Å². The summed E-state index contributed by atoms with van der Waals surface area (Å²) in [5.41, 5.74) is 1.86. The third-order valence-corrected chi connectivity index (χ3v) is 6.27. The van der Waals surface area contributed by atoms with Crippen molar-refractivity contribution in [3.63, 3.8) is 0 Å². The number of carbonyl (C=O) groups excluding carboxylic acids is 3. The van der Waals surface area contributed by atoms with E-state index in [0.29, 0.717) is 55.9 Å². The number of aromatic nitrogens is 1. The molecule has 1 unspecified atom stereocenters. The van der Waals surface area contributed by atoms with Gasteiger partial charge in [-0.25, -0.2) is 4.39 Å². The molecule has 0 bridgehead atoms. The molecule has 160 valence electrons. The molecule has 1 aromatic heterocycles. The van der Waals surface area contributed by atoms with Crippen molar-refractivity contribution in [2.75, 3.05) is 39.3 Å². The lowest BCUT2D eigenvalue weighted by atomic mass is 9.96. The summed E-state index contributed by atoms with van der Waals surface area (Å²) in [6, 6.07) is 4.65. The second-order valence-electron chi connectivity index (χ2n) is 8.26. The number of aryl methyl sites for hydroxylation is 1. The van der Waals surface area contributed by atoms with Crippen molar-refractivity contribution < 1.29 is 18.8 Å². The first-order valence-corrected chi connectivity index (χ1v) is 10.5. The number of likely N-dealkylation sites (tertiary alicyclic amines) is 1. The molecule has 4 rings (SSSR count). The monoisotopic (exact) mass is 414 g/mol. The molecule has 1 aromatic carbocycles. The van der Waals surface area contributed by atoms with Gasteiger partial charge in [0.05, 0.1) is 11.4 Å². The predicted molar refractivity (Wildman–Crippen MR) is 110 cm³/mol. The van der Waals surface area contributed by atoms with Crippen LogP contribution in [0.1, 0.15) is 35.8 Å². The molecule has 8 heteroatoms. The molecule has 2 aliphatic heterocycles. The third kappa shape index (κ3) is 3.78. The number of hydrogen-bond donors (Lipinski definition) is 1. The Morgan fingerprint density at radius 1 is 1.03 bits per heavy atom. The maximum Gasteiger partial charge on any atom is 0.270 e. The number of aromatic amines is 1. The van der Waals surface area contributed by atoms with Crippen molar-refractivity contribution in [2.45, 2.75) is 26.7 Å². The van der Waals surface area contributed by atoms with Gasteiger partial charge in [-0.1, -0.05) is 6.07 Å². The molecule has 3 amide bonds. The fourth-order valence-electron chi connectivity index (χ4n) is 4.47. The third-order valence-electron chi connectivity index (χ3n) is 6.27. The average Bonchev–Trinajstić information content (AvgIpc) is 3.22. The quantitative estimate of drug-likeness (QED) is 0.818. The van der Waals surface area contributed by atoms with Crippen LogP contribution in [0.4, 0.5) is 4.39 Å². The summed E-state index contributed by atoms with van der Waals surface area (Å²) in [6.07, 6.45) is 1.50. The van der Waals surface area contributed by atoms with Gasteiger partial charge in [-0.2, -0.15) is 0 Å². The van der Waals surface area contributed by atoms with Crippen LogP contribution in [0.2, 0.25) is 0 Å². The molecule has 2 aliphatic rings. The Bertz CT molecular complexity index is 955. The van der Waals surface area contributed by atoms with Crippen LogP contribution in [0, 0.1) is 18.7 Å². The SMILES string of the molecule is CC(=O)N1CCN(C(=O)C2CCCN(C(=O)c3cc4c(F)ccc(C)c4[nH]3)C2)CC1. The van der Waals surface area contributed by atoms with Gasteiger partial charge in [0, 0.05) is 51.6 Å². The lowest BCUT2D eigenvalue weighted by Crippen LogP contribution is -2.53. The number of piperazine rings is 1. The highest BCUT2D eigenvalue weighted by Gasteiger charge is 2.33. The fourth-order valence-corrected chi connectivity index (χ4v) is 4.47. The van der Waals surface area contributed by atoms with E-state index in [0.717, 1.165) is 18.4 Å². The second-order valence-corrected chi connectivity index (χ2v) is 8.26. The molecule has 0 spiro atoms. The number of nitrogens with one attached hydrogen (secondary N) is 1. The molecule has 0 aliphatic carbocycles. The van der Waals surface area contributed by atoms with Crippen LogP contribution < -0.4 is 0 Å². The largest absolute Gasteiger partial charge is 0.350 e. The summed E-state index contributed by atoms with van der Waals surface area (Å²) in [6.45, 7) is 6.52. The summed E-state index contributed by atoms with van der Waals surface area (Å²) < 4.78 is 14.1. The first-order chi connectivity index (χ1) is 14.3. The number of fused-ring (bicyclic) bond motifs is 1. The smallest absolute Gasteiger partial charge is 0.270 e. The molecule has 0 radical (unpaired) electrons. The number of nitrogens with zero attached hydrogens (tertiary/aromatic N) is 3. The number of benzene rings is 1. The highest BCUT2D eigenvalue weighted by atomic mass is 19.1. The van der Waals surface area contributed by atoms with E-state index in [4.69, 9.17) is 0 Å². The number of carbonyl (C=O) groups is 3. The standard InChI is InChI=1S/C22H27FN4O3/c1-14-5-6-18(23)17-12-19(24-20(14)17)22(30)27-7-3-4-16(13-27)21(29)26-10-8-25(9-11-26)15(2)28/h5-6,12,16,24H,3-4,7-11,13H2,1-2H3. The van der Waals surface area contributed by atoms with Crippen molar-refractivity contribution in [3.05, 3.63) is 35.3 Å². The van der Waals surface area contributed by atoms with Crippen molar-refractivity contribution in [3.8, 4) is 0 Å². The van der Waals surface area contributed by atoms with Gasteiger partial charge >= 0.3 is 0 Å². The number of amides is 3. The van der Waals surface area contributed by atoms with E-state index in [1.165, 1.54) is 6.07 Å². The van der Waals surface area contributed by atoms with Crippen LogP contribution in [0.3, 0.4) is 0 Å². The minimum absolute atomic E-state index is 0.0292.